The molecule has 0 aliphatic carbocycles. The lowest BCUT2D eigenvalue weighted by Crippen LogP contribution is -2.02. The molecule has 3 aromatic rings. The summed E-state index contributed by atoms with van der Waals surface area (Å²) in [6.45, 7) is 17.5. The summed E-state index contributed by atoms with van der Waals surface area (Å²) < 4.78 is 0. The SMILES string of the molecule is C#C/C=C(\C=C/CC(C)(C)C)c1ccc(CC(=C)Nc2ccc(-c3c(C)cc(C)cc3C)cc2)cc1. The maximum absolute atomic E-state index is 5.58. The molecule has 3 aromatic carbocycles. The molecular weight excluding hydrogens is 434 g/mol. The highest BCUT2D eigenvalue weighted by molar-refractivity contribution is 5.76. The Hall–Kier alpha value is -3.76. The van der Waals surface area contributed by atoms with E-state index in [0.29, 0.717) is 0 Å². The van der Waals surface area contributed by atoms with Gasteiger partial charge in [0.25, 0.3) is 0 Å². The lowest BCUT2D eigenvalue weighted by atomic mass is 9.91. The number of rotatable bonds is 8. The van der Waals surface area contributed by atoms with Crippen LogP contribution >= 0.6 is 0 Å². The molecule has 0 aliphatic rings. The van der Waals surface area contributed by atoms with E-state index in [1.54, 1.807) is 0 Å². The van der Waals surface area contributed by atoms with Crippen molar-refractivity contribution in [1.29, 1.82) is 0 Å². The zero-order valence-corrected chi connectivity index (χ0v) is 22.7. The molecule has 0 spiro atoms. The number of aryl methyl sites for hydroxylation is 3. The van der Waals surface area contributed by atoms with Gasteiger partial charge in [-0.2, -0.15) is 0 Å². The maximum Gasteiger partial charge on any atom is 0.0382 e. The smallest absolute Gasteiger partial charge is 0.0382 e. The third kappa shape index (κ3) is 7.62. The van der Waals surface area contributed by atoms with Crippen LogP contribution in [0.1, 0.15) is 55.0 Å². The van der Waals surface area contributed by atoms with Crippen molar-refractivity contribution < 1.29 is 0 Å². The Balaban J connectivity index is 1.64. The third-order valence-electron chi connectivity index (χ3n) is 6.14. The van der Waals surface area contributed by atoms with Crippen LogP contribution in [0.25, 0.3) is 16.7 Å². The Morgan fingerprint density at radius 2 is 1.56 bits per heavy atom. The van der Waals surface area contributed by atoms with Crippen molar-refractivity contribution in [2.45, 2.75) is 54.4 Å². The number of nitrogens with one attached hydrogen (secondary N) is 1. The topological polar surface area (TPSA) is 12.0 Å². The van der Waals surface area contributed by atoms with Gasteiger partial charge in [0, 0.05) is 17.8 Å². The molecule has 0 bridgehead atoms. The van der Waals surface area contributed by atoms with Gasteiger partial charge in [-0.05, 0) is 89.8 Å². The van der Waals surface area contributed by atoms with Gasteiger partial charge in [-0.1, -0.05) is 99.5 Å². The molecule has 0 saturated heterocycles. The van der Waals surface area contributed by atoms with Crippen molar-refractivity contribution in [2.75, 3.05) is 5.32 Å². The van der Waals surface area contributed by atoms with E-state index in [0.717, 1.165) is 35.4 Å². The molecule has 0 aliphatic heterocycles. The molecule has 184 valence electrons. The van der Waals surface area contributed by atoms with Gasteiger partial charge in [0.15, 0.2) is 0 Å². The molecule has 0 fully saturated rings. The Morgan fingerprint density at radius 1 is 0.944 bits per heavy atom. The van der Waals surface area contributed by atoms with E-state index < -0.39 is 0 Å². The summed E-state index contributed by atoms with van der Waals surface area (Å²) >= 11 is 0. The largest absolute Gasteiger partial charge is 0.359 e. The van der Waals surface area contributed by atoms with Crippen LogP contribution in [0, 0.1) is 38.5 Å². The summed E-state index contributed by atoms with van der Waals surface area (Å²) in [6.07, 6.45) is 13.5. The van der Waals surface area contributed by atoms with Gasteiger partial charge in [-0.25, -0.2) is 0 Å². The molecule has 0 unspecified atom stereocenters. The van der Waals surface area contributed by atoms with Gasteiger partial charge >= 0.3 is 0 Å². The molecule has 1 heteroatoms. The fourth-order valence-corrected chi connectivity index (χ4v) is 4.52. The average Bonchev–Trinajstić information content (AvgIpc) is 2.79. The van der Waals surface area contributed by atoms with Gasteiger partial charge in [0.2, 0.25) is 0 Å². The molecule has 0 heterocycles. The molecule has 0 saturated carbocycles. The van der Waals surface area contributed by atoms with Crippen molar-refractivity contribution in [2.24, 2.45) is 5.41 Å². The van der Waals surface area contributed by atoms with Crippen LogP contribution in [-0.2, 0) is 6.42 Å². The number of hydrogen-bond donors (Lipinski definition) is 1. The van der Waals surface area contributed by atoms with Crippen LogP contribution in [0.15, 0.2) is 91.2 Å². The monoisotopic (exact) mass is 473 g/mol. The van der Waals surface area contributed by atoms with Gasteiger partial charge in [-0.3, -0.25) is 0 Å². The van der Waals surface area contributed by atoms with Crippen LogP contribution in [0.4, 0.5) is 5.69 Å². The van der Waals surface area contributed by atoms with E-state index in [-0.39, 0.29) is 5.41 Å². The minimum atomic E-state index is 0.258. The van der Waals surface area contributed by atoms with E-state index in [1.165, 1.54) is 33.4 Å². The Labute approximate surface area is 218 Å². The second-order valence-electron chi connectivity index (χ2n) is 10.9. The van der Waals surface area contributed by atoms with E-state index in [1.807, 2.05) is 6.08 Å². The lowest BCUT2D eigenvalue weighted by molar-refractivity contribution is 0.420. The summed E-state index contributed by atoms with van der Waals surface area (Å²) in [5.74, 6) is 2.67. The van der Waals surface area contributed by atoms with Crippen molar-refractivity contribution in [3.63, 3.8) is 0 Å². The van der Waals surface area contributed by atoms with Gasteiger partial charge in [-0.15, -0.1) is 6.42 Å². The second kappa shape index (κ2) is 11.8. The average molecular weight is 474 g/mol. The predicted molar refractivity (Wildman–Crippen MR) is 159 cm³/mol. The molecule has 0 aromatic heterocycles. The van der Waals surface area contributed by atoms with E-state index >= 15 is 0 Å². The zero-order chi connectivity index (χ0) is 26.3. The summed E-state index contributed by atoms with van der Waals surface area (Å²) in [4.78, 5) is 0. The standard InChI is InChI=1S/C35H39N/c1-9-11-30(12-10-21-35(6,7)8)31-15-13-29(14-16-31)24-28(5)36-33-19-17-32(18-20-33)34-26(3)22-25(2)23-27(34)4/h1,10-20,22-23,36H,5,21,24H2,2-4,6-8H3/b12-10-,30-11+. The van der Waals surface area contributed by atoms with Crippen LogP contribution < -0.4 is 5.32 Å². The van der Waals surface area contributed by atoms with Gasteiger partial charge in [0.1, 0.15) is 0 Å². The first kappa shape index (κ1) is 26.8. The molecule has 1 nitrogen and oxygen atoms in total. The first-order valence-electron chi connectivity index (χ1n) is 12.6. The van der Waals surface area contributed by atoms with E-state index in [4.69, 9.17) is 6.42 Å². The highest BCUT2D eigenvalue weighted by Gasteiger charge is 2.08. The van der Waals surface area contributed by atoms with Crippen LogP contribution in [0.2, 0.25) is 0 Å². The predicted octanol–water partition coefficient (Wildman–Crippen LogP) is 9.46. The van der Waals surface area contributed by atoms with Crippen LogP contribution in [-0.4, -0.2) is 0 Å². The minimum Gasteiger partial charge on any atom is -0.359 e. The summed E-state index contributed by atoms with van der Waals surface area (Å²) in [7, 11) is 0. The second-order valence-corrected chi connectivity index (χ2v) is 10.9. The van der Waals surface area contributed by atoms with Crippen molar-refractivity contribution >= 4 is 11.3 Å². The quantitative estimate of drug-likeness (QED) is 0.254. The highest BCUT2D eigenvalue weighted by atomic mass is 14.9. The van der Waals surface area contributed by atoms with Gasteiger partial charge < -0.3 is 5.32 Å². The number of anilines is 1. The first-order chi connectivity index (χ1) is 17.1. The molecule has 0 radical (unpaired) electrons. The maximum atomic E-state index is 5.58. The Morgan fingerprint density at radius 3 is 2.11 bits per heavy atom. The summed E-state index contributed by atoms with van der Waals surface area (Å²) in [6, 6.07) is 21.7. The number of benzene rings is 3. The zero-order valence-electron chi connectivity index (χ0n) is 22.7. The molecule has 0 amide bonds. The molecular formula is C35H39N. The number of allylic oxidation sites excluding steroid dienone is 5. The molecule has 0 atom stereocenters. The highest BCUT2D eigenvalue weighted by Crippen LogP contribution is 2.30. The van der Waals surface area contributed by atoms with Gasteiger partial charge in [0.05, 0.1) is 0 Å². The summed E-state index contributed by atoms with van der Waals surface area (Å²) in [5.41, 5.74) is 12.1. The molecule has 3 rings (SSSR count). The fourth-order valence-electron chi connectivity index (χ4n) is 4.52. The molecule has 36 heavy (non-hydrogen) atoms. The Bertz CT molecular complexity index is 1280. The number of terminal acetylenes is 1. The van der Waals surface area contributed by atoms with Crippen molar-refractivity contribution in [3.05, 3.63) is 119 Å². The summed E-state index contributed by atoms with van der Waals surface area (Å²) in [5, 5.41) is 3.46. The fraction of sp³-hybridized carbons (Fsp3) is 0.257. The van der Waals surface area contributed by atoms with Crippen LogP contribution in [0.5, 0.6) is 0 Å². The molecule has 1 N–H and O–H groups in total. The van der Waals surface area contributed by atoms with Crippen molar-refractivity contribution in [3.8, 4) is 23.5 Å². The minimum absolute atomic E-state index is 0.258. The Kier molecular flexibility index (Phi) is 8.78. The number of hydrogen-bond acceptors (Lipinski definition) is 1. The van der Waals surface area contributed by atoms with E-state index in [2.05, 4.69) is 132 Å². The van der Waals surface area contributed by atoms with Crippen LogP contribution in [0.3, 0.4) is 0 Å². The normalized spacial score (nSPS) is 12.0. The van der Waals surface area contributed by atoms with E-state index in [9.17, 15) is 0 Å². The first-order valence-corrected chi connectivity index (χ1v) is 12.6. The van der Waals surface area contributed by atoms with Crippen molar-refractivity contribution in [1.82, 2.24) is 0 Å². The third-order valence-corrected chi connectivity index (χ3v) is 6.14. The lowest BCUT2D eigenvalue weighted by Gasteiger charge is -2.15.